The van der Waals surface area contributed by atoms with Gasteiger partial charge in [0.05, 0.1) is 0 Å². The smallest absolute Gasteiger partial charge is 0.242 e. The molecule has 0 aromatic rings. The van der Waals surface area contributed by atoms with Crippen LogP contribution in [0.3, 0.4) is 0 Å². The molecule has 174 valence electrons. The summed E-state index contributed by atoms with van der Waals surface area (Å²) in [5, 5.41) is 0. The molecule has 0 amide bonds. The molecule has 3 atom stereocenters. The van der Waals surface area contributed by atoms with Crippen LogP contribution in [0, 0.1) is 17.8 Å². The van der Waals surface area contributed by atoms with E-state index in [1.54, 1.807) is 0 Å². The molecule has 1 aliphatic carbocycles. The molecular formula is C23H44F4N2. The molecule has 29 heavy (non-hydrogen) atoms. The number of hydrogen-bond acceptors (Lipinski definition) is 2. The normalized spacial score (nSPS) is 28.6. The minimum absolute atomic E-state index is 0.263. The van der Waals surface area contributed by atoms with E-state index in [-0.39, 0.29) is 25.0 Å². The van der Waals surface area contributed by atoms with Crippen LogP contribution in [-0.2, 0) is 0 Å². The van der Waals surface area contributed by atoms with Gasteiger partial charge in [-0.2, -0.15) is 0 Å². The molecule has 2 saturated heterocycles. The third-order valence-electron chi connectivity index (χ3n) is 6.31. The van der Waals surface area contributed by atoms with Crippen LogP contribution >= 0.6 is 0 Å². The second kappa shape index (κ2) is 13.1. The minimum Gasteiger partial charge on any atom is -0.300 e. The Morgan fingerprint density at radius 3 is 1.48 bits per heavy atom. The van der Waals surface area contributed by atoms with Gasteiger partial charge in [0.25, 0.3) is 0 Å². The van der Waals surface area contributed by atoms with E-state index in [2.05, 4.69) is 18.7 Å². The van der Waals surface area contributed by atoms with Gasteiger partial charge < -0.3 is 4.90 Å². The first-order chi connectivity index (χ1) is 13.5. The summed E-state index contributed by atoms with van der Waals surface area (Å²) in [6.07, 6.45) is 2.01. The molecule has 1 saturated carbocycles. The van der Waals surface area contributed by atoms with Crippen molar-refractivity contribution in [3.63, 3.8) is 0 Å². The van der Waals surface area contributed by atoms with Gasteiger partial charge in [0, 0.05) is 37.6 Å². The second-order valence-corrected chi connectivity index (χ2v) is 9.98. The van der Waals surface area contributed by atoms with E-state index < -0.39 is 18.8 Å². The first kappa shape index (κ1) is 26.7. The molecule has 2 nitrogen and oxygen atoms in total. The van der Waals surface area contributed by atoms with E-state index in [9.17, 15) is 17.6 Å². The molecule has 2 aliphatic heterocycles. The van der Waals surface area contributed by atoms with Crippen LogP contribution in [-0.4, -0.2) is 66.8 Å². The summed E-state index contributed by atoms with van der Waals surface area (Å²) < 4.78 is 49.3. The number of rotatable bonds is 5. The van der Waals surface area contributed by atoms with E-state index in [4.69, 9.17) is 0 Å². The summed E-state index contributed by atoms with van der Waals surface area (Å²) in [6.45, 7) is 14.6. The van der Waals surface area contributed by atoms with E-state index in [0.717, 1.165) is 18.4 Å². The highest BCUT2D eigenvalue weighted by Gasteiger charge is 2.33. The molecule has 0 N–H and O–H groups in total. The van der Waals surface area contributed by atoms with Crippen molar-refractivity contribution >= 4 is 0 Å². The summed E-state index contributed by atoms with van der Waals surface area (Å²) in [6, 6.07) is 0.678. The maximum Gasteiger partial charge on any atom is 0.242 e. The molecule has 3 unspecified atom stereocenters. The van der Waals surface area contributed by atoms with Gasteiger partial charge >= 0.3 is 0 Å². The third-order valence-corrected chi connectivity index (χ3v) is 6.31. The molecule has 3 aliphatic rings. The Morgan fingerprint density at radius 1 is 0.759 bits per heavy atom. The van der Waals surface area contributed by atoms with Crippen LogP contribution in [0.4, 0.5) is 17.6 Å². The van der Waals surface area contributed by atoms with Crippen LogP contribution in [0.25, 0.3) is 0 Å². The van der Waals surface area contributed by atoms with Crippen LogP contribution in [0.15, 0.2) is 0 Å². The fourth-order valence-electron chi connectivity index (χ4n) is 4.06. The van der Waals surface area contributed by atoms with E-state index in [1.165, 1.54) is 25.7 Å². The Hall–Kier alpha value is -0.360. The van der Waals surface area contributed by atoms with Crippen LogP contribution in [0.1, 0.15) is 73.6 Å². The fraction of sp³-hybridized carbons (Fsp3) is 1.00. The monoisotopic (exact) mass is 424 g/mol. The zero-order valence-electron chi connectivity index (χ0n) is 19.4. The van der Waals surface area contributed by atoms with Crippen molar-refractivity contribution < 1.29 is 17.6 Å². The van der Waals surface area contributed by atoms with Crippen molar-refractivity contribution in [2.45, 2.75) is 104 Å². The highest BCUT2D eigenvalue weighted by Crippen LogP contribution is 2.31. The maximum absolute atomic E-state index is 12.5. The van der Waals surface area contributed by atoms with Crippen molar-refractivity contribution in [1.82, 2.24) is 9.80 Å². The van der Waals surface area contributed by atoms with Crippen LogP contribution < -0.4 is 0 Å². The average molecular weight is 425 g/mol. The van der Waals surface area contributed by atoms with Crippen molar-refractivity contribution in [1.29, 1.82) is 0 Å². The molecule has 0 radical (unpaired) electrons. The van der Waals surface area contributed by atoms with E-state index >= 15 is 0 Å². The number of nitrogens with zero attached hydrogens (tertiary/aromatic N) is 2. The van der Waals surface area contributed by atoms with E-state index in [0.29, 0.717) is 19.0 Å². The van der Waals surface area contributed by atoms with Crippen molar-refractivity contribution in [3.05, 3.63) is 0 Å². The average Bonchev–Trinajstić information content (AvgIpc) is 3.20. The first-order valence-electron chi connectivity index (χ1n) is 11.6. The van der Waals surface area contributed by atoms with Gasteiger partial charge in [-0.05, 0) is 58.9 Å². The van der Waals surface area contributed by atoms with Gasteiger partial charge in [0.1, 0.15) is 12.3 Å². The first-order valence-corrected chi connectivity index (χ1v) is 11.6. The number of hydrogen-bond donors (Lipinski definition) is 0. The second-order valence-electron chi connectivity index (χ2n) is 9.98. The Balaban J connectivity index is 0.000000220. The van der Waals surface area contributed by atoms with Crippen LogP contribution in [0.2, 0.25) is 0 Å². The van der Waals surface area contributed by atoms with Gasteiger partial charge in [0.15, 0.2) is 0 Å². The summed E-state index contributed by atoms with van der Waals surface area (Å²) in [5.41, 5.74) is 0. The summed E-state index contributed by atoms with van der Waals surface area (Å²) >= 11 is 0. The molecule has 0 spiro atoms. The van der Waals surface area contributed by atoms with Gasteiger partial charge in [-0.3, -0.25) is 4.90 Å². The third kappa shape index (κ3) is 9.99. The Labute approximate surface area is 176 Å². The lowest BCUT2D eigenvalue weighted by atomic mass is 9.80. The zero-order valence-corrected chi connectivity index (χ0v) is 19.4. The fourth-order valence-corrected chi connectivity index (χ4v) is 4.06. The lowest BCUT2D eigenvalue weighted by molar-refractivity contribution is 0.0786. The molecule has 3 fully saturated rings. The van der Waals surface area contributed by atoms with Gasteiger partial charge in [0.2, 0.25) is 6.43 Å². The topological polar surface area (TPSA) is 6.48 Å². The number of alkyl halides is 4. The Kier molecular flexibility index (Phi) is 12.1. The lowest BCUT2D eigenvalue weighted by Crippen LogP contribution is -2.29. The standard InChI is InChI=1S/C8H15F2N.C8H16.C7H13F2N/c1-6(2)11-4-3-7(5-11)8(9)10;1-7(2)6-8-4-3-5-8;1-5(2)10-3-6(8)7(9)4-10/h6-8H,3-5H2,1-2H3;7-8H,3-6H2,1-2H3;5-7H,3-4H2,1-2H3. The van der Waals surface area contributed by atoms with Crippen molar-refractivity contribution in [3.8, 4) is 0 Å². The van der Waals surface area contributed by atoms with Gasteiger partial charge in [-0.25, -0.2) is 17.6 Å². The SMILES string of the molecule is CC(C)CC1CCC1.CC(C)N1CC(F)C(F)C1.CC(C)N1CCC(C(F)F)C1. The summed E-state index contributed by atoms with van der Waals surface area (Å²) in [7, 11) is 0. The highest BCUT2D eigenvalue weighted by molar-refractivity contribution is 4.85. The molecule has 0 aromatic heterocycles. The Bertz CT molecular complexity index is 403. The largest absolute Gasteiger partial charge is 0.300 e. The summed E-state index contributed by atoms with van der Waals surface area (Å²) in [4.78, 5) is 3.92. The zero-order chi connectivity index (χ0) is 22.1. The summed E-state index contributed by atoms with van der Waals surface area (Å²) in [5.74, 6) is 1.66. The van der Waals surface area contributed by atoms with E-state index in [1.807, 2.05) is 32.6 Å². The minimum atomic E-state index is -2.13. The maximum atomic E-state index is 12.5. The van der Waals surface area contributed by atoms with Crippen LogP contribution in [0.5, 0.6) is 0 Å². The molecule has 2 heterocycles. The molecular weight excluding hydrogens is 380 g/mol. The quantitative estimate of drug-likeness (QED) is 0.485. The van der Waals surface area contributed by atoms with Crippen molar-refractivity contribution in [2.24, 2.45) is 17.8 Å². The highest BCUT2D eigenvalue weighted by atomic mass is 19.3. The number of halogens is 4. The van der Waals surface area contributed by atoms with Gasteiger partial charge in [-0.1, -0.05) is 33.1 Å². The molecule has 0 aromatic carbocycles. The van der Waals surface area contributed by atoms with Gasteiger partial charge in [-0.15, -0.1) is 0 Å². The number of likely N-dealkylation sites (tertiary alicyclic amines) is 2. The predicted molar refractivity (Wildman–Crippen MR) is 114 cm³/mol. The Morgan fingerprint density at radius 2 is 1.28 bits per heavy atom. The molecule has 6 heteroatoms. The molecule has 3 rings (SSSR count). The predicted octanol–water partition coefficient (Wildman–Crippen LogP) is 6.20. The lowest BCUT2D eigenvalue weighted by Gasteiger charge is -2.26. The molecule has 0 bridgehead atoms. The van der Waals surface area contributed by atoms with Crippen molar-refractivity contribution in [2.75, 3.05) is 26.2 Å².